The summed E-state index contributed by atoms with van der Waals surface area (Å²) in [6, 6.07) is 5.05. The van der Waals surface area contributed by atoms with E-state index in [1.165, 1.54) is 11.3 Å². The predicted molar refractivity (Wildman–Crippen MR) is 54.4 cm³/mol. The molecule has 0 saturated carbocycles. The lowest BCUT2D eigenvalue weighted by molar-refractivity contribution is -0.160. The van der Waals surface area contributed by atoms with E-state index < -0.39 is 0 Å². The smallest absolute Gasteiger partial charge is 0.172 e. The van der Waals surface area contributed by atoms with Crippen molar-refractivity contribution in [1.29, 1.82) is 0 Å². The van der Waals surface area contributed by atoms with Crippen molar-refractivity contribution in [3.05, 3.63) is 29.6 Å². The SMILES string of the molecule is [c]1cnc2c(c1)CC1(CCC2)OCCO1. The lowest BCUT2D eigenvalue weighted by Gasteiger charge is -2.25. The van der Waals surface area contributed by atoms with Crippen molar-refractivity contribution in [2.24, 2.45) is 0 Å². The minimum atomic E-state index is -0.359. The van der Waals surface area contributed by atoms with Gasteiger partial charge in [-0.05, 0) is 24.5 Å². The highest BCUT2D eigenvalue weighted by molar-refractivity contribution is 5.22. The Bertz CT molecular complexity index is 358. The molecule has 0 aromatic carbocycles. The second kappa shape index (κ2) is 3.58. The highest BCUT2D eigenvalue weighted by atomic mass is 16.7. The number of rotatable bonds is 0. The van der Waals surface area contributed by atoms with Gasteiger partial charge in [0.25, 0.3) is 0 Å². The van der Waals surface area contributed by atoms with Gasteiger partial charge in [0.1, 0.15) is 0 Å². The van der Waals surface area contributed by atoms with Gasteiger partial charge < -0.3 is 9.47 Å². The van der Waals surface area contributed by atoms with Crippen molar-refractivity contribution in [1.82, 2.24) is 4.98 Å². The van der Waals surface area contributed by atoms with Gasteiger partial charge in [-0.15, -0.1) is 0 Å². The standard InChI is InChI=1S/C12H14NO2/c1-4-11-10(3-2-6-13-11)9-12(5-1)14-7-8-15-12/h3,6H,1,4-5,7-9H2. The molecule has 0 amide bonds. The summed E-state index contributed by atoms with van der Waals surface area (Å²) in [5, 5.41) is 0. The largest absolute Gasteiger partial charge is 0.347 e. The minimum absolute atomic E-state index is 0.359. The third-order valence-corrected chi connectivity index (χ3v) is 3.17. The lowest BCUT2D eigenvalue weighted by atomic mass is 10.0. The van der Waals surface area contributed by atoms with E-state index in [0.29, 0.717) is 0 Å². The van der Waals surface area contributed by atoms with Gasteiger partial charge in [-0.1, -0.05) is 0 Å². The molecule has 1 spiro atoms. The van der Waals surface area contributed by atoms with Crippen molar-refractivity contribution < 1.29 is 9.47 Å². The number of nitrogens with zero attached hydrogens (tertiary/aromatic N) is 1. The van der Waals surface area contributed by atoms with Crippen molar-refractivity contribution in [2.75, 3.05) is 13.2 Å². The van der Waals surface area contributed by atoms with Crippen LogP contribution in [0.5, 0.6) is 0 Å². The van der Waals surface area contributed by atoms with Gasteiger partial charge in [-0.25, -0.2) is 0 Å². The van der Waals surface area contributed by atoms with Crippen molar-refractivity contribution in [3.8, 4) is 0 Å². The first-order chi connectivity index (χ1) is 7.38. The zero-order valence-corrected chi connectivity index (χ0v) is 8.66. The second-order valence-electron chi connectivity index (χ2n) is 4.18. The van der Waals surface area contributed by atoms with E-state index >= 15 is 0 Å². The molecule has 1 aliphatic carbocycles. The molecule has 15 heavy (non-hydrogen) atoms. The molecule has 79 valence electrons. The van der Waals surface area contributed by atoms with Gasteiger partial charge in [0.15, 0.2) is 5.79 Å². The van der Waals surface area contributed by atoms with Gasteiger partial charge >= 0.3 is 0 Å². The molecule has 2 heterocycles. The van der Waals surface area contributed by atoms with E-state index in [0.717, 1.165) is 38.9 Å². The molecule has 0 unspecified atom stereocenters. The summed E-state index contributed by atoms with van der Waals surface area (Å²) in [4.78, 5) is 4.37. The molecular weight excluding hydrogens is 190 g/mol. The number of aryl methyl sites for hydroxylation is 1. The maximum absolute atomic E-state index is 5.75. The van der Waals surface area contributed by atoms with Crippen LogP contribution in [0.1, 0.15) is 24.1 Å². The summed E-state index contributed by atoms with van der Waals surface area (Å²) in [7, 11) is 0. The monoisotopic (exact) mass is 204 g/mol. The molecule has 1 aromatic rings. The van der Waals surface area contributed by atoms with Crippen LogP contribution in [0.4, 0.5) is 0 Å². The Balaban J connectivity index is 1.94. The molecule has 3 rings (SSSR count). The Morgan fingerprint density at radius 2 is 2.20 bits per heavy atom. The number of hydrogen-bond donors (Lipinski definition) is 0. The van der Waals surface area contributed by atoms with Gasteiger partial charge in [0.2, 0.25) is 0 Å². The molecule has 1 aromatic heterocycles. The van der Waals surface area contributed by atoms with Crippen LogP contribution < -0.4 is 0 Å². The maximum Gasteiger partial charge on any atom is 0.172 e. The molecule has 1 radical (unpaired) electrons. The van der Waals surface area contributed by atoms with Crippen LogP contribution in [0.25, 0.3) is 0 Å². The Labute approximate surface area is 89.4 Å². The van der Waals surface area contributed by atoms with Crippen molar-refractivity contribution >= 4 is 0 Å². The molecule has 0 atom stereocenters. The van der Waals surface area contributed by atoms with Crippen LogP contribution in [-0.2, 0) is 22.3 Å². The number of hydrogen-bond acceptors (Lipinski definition) is 3. The molecule has 2 aliphatic rings. The summed E-state index contributed by atoms with van der Waals surface area (Å²) in [6.07, 6.45) is 5.66. The Hall–Kier alpha value is -0.930. The highest BCUT2D eigenvalue weighted by Crippen LogP contribution is 2.33. The van der Waals surface area contributed by atoms with Gasteiger partial charge in [0.05, 0.1) is 13.2 Å². The third kappa shape index (κ3) is 1.66. The van der Waals surface area contributed by atoms with Crippen LogP contribution in [0, 0.1) is 6.07 Å². The molecule has 3 nitrogen and oxygen atoms in total. The first kappa shape index (κ1) is 9.31. The van der Waals surface area contributed by atoms with Crippen LogP contribution in [0.3, 0.4) is 0 Å². The lowest BCUT2D eigenvalue weighted by Crippen LogP contribution is -2.32. The van der Waals surface area contributed by atoms with Gasteiger partial charge in [-0.2, -0.15) is 0 Å². The predicted octanol–water partition coefficient (Wildman–Crippen LogP) is 1.50. The third-order valence-electron chi connectivity index (χ3n) is 3.17. The number of fused-ring (bicyclic) bond motifs is 1. The second-order valence-corrected chi connectivity index (χ2v) is 4.18. The Morgan fingerprint density at radius 1 is 1.33 bits per heavy atom. The number of pyridine rings is 1. The van der Waals surface area contributed by atoms with E-state index in [1.54, 1.807) is 6.20 Å². The quantitative estimate of drug-likeness (QED) is 0.642. The maximum atomic E-state index is 5.75. The van der Waals surface area contributed by atoms with Crippen LogP contribution >= 0.6 is 0 Å². The number of ether oxygens (including phenoxy) is 2. The van der Waals surface area contributed by atoms with E-state index in [9.17, 15) is 0 Å². The van der Waals surface area contributed by atoms with Gasteiger partial charge in [-0.3, -0.25) is 4.98 Å². The topological polar surface area (TPSA) is 31.4 Å². The van der Waals surface area contributed by atoms with Crippen molar-refractivity contribution in [3.63, 3.8) is 0 Å². The van der Waals surface area contributed by atoms with Crippen LogP contribution in [0.15, 0.2) is 12.3 Å². The van der Waals surface area contributed by atoms with Gasteiger partial charge in [0, 0.05) is 30.8 Å². The normalized spacial score (nSPS) is 23.7. The van der Waals surface area contributed by atoms with Crippen LogP contribution in [-0.4, -0.2) is 24.0 Å². The fourth-order valence-corrected chi connectivity index (χ4v) is 2.44. The van der Waals surface area contributed by atoms with Crippen molar-refractivity contribution in [2.45, 2.75) is 31.5 Å². The minimum Gasteiger partial charge on any atom is -0.347 e. The summed E-state index contributed by atoms with van der Waals surface area (Å²) in [6.45, 7) is 1.44. The summed E-state index contributed by atoms with van der Waals surface area (Å²) >= 11 is 0. The summed E-state index contributed by atoms with van der Waals surface area (Å²) < 4.78 is 11.5. The highest BCUT2D eigenvalue weighted by Gasteiger charge is 2.38. The molecule has 3 heteroatoms. The first-order valence-corrected chi connectivity index (χ1v) is 5.50. The fourth-order valence-electron chi connectivity index (χ4n) is 2.44. The summed E-state index contributed by atoms with van der Waals surface area (Å²) in [5.74, 6) is -0.359. The van der Waals surface area contributed by atoms with E-state index in [1.807, 2.05) is 6.07 Å². The van der Waals surface area contributed by atoms with E-state index in [-0.39, 0.29) is 5.79 Å². The van der Waals surface area contributed by atoms with Crippen LogP contribution in [0.2, 0.25) is 0 Å². The Morgan fingerprint density at radius 3 is 3.07 bits per heavy atom. The number of aromatic nitrogens is 1. The molecular formula is C12H14NO2. The van der Waals surface area contributed by atoms with E-state index in [2.05, 4.69) is 11.1 Å². The average molecular weight is 204 g/mol. The Kier molecular flexibility index (Phi) is 2.22. The zero-order chi connectivity index (χ0) is 10.1. The molecule has 1 aliphatic heterocycles. The molecule has 0 bridgehead atoms. The zero-order valence-electron chi connectivity index (χ0n) is 8.66. The fraction of sp³-hybridized carbons (Fsp3) is 0.583. The molecule has 0 N–H and O–H groups in total. The summed E-state index contributed by atoms with van der Waals surface area (Å²) in [5.41, 5.74) is 2.42. The molecule has 1 saturated heterocycles. The average Bonchev–Trinajstić information content (AvgIpc) is 2.61. The molecule has 1 fully saturated rings. The van der Waals surface area contributed by atoms with E-state index in [4.69, 9.17) is 9.47 Å². The first-order valence-electron chi connectivity index (χ1n) is 5.50.